The number of hydrogen-bond acceptors (Lipinski definition) is 6. The Balaban J connectivity index is 2.25. The number of rotatable bonds is 3. The van der Waals surface area contributed by atoms with Crippen LogP contribution in [0.4, 0.5) is 10.8 Å². The maximum absolute atomic E-state index is 11.8. The monoisotopic (exact) mass is 299 g/mol. The number of aromatic nitrogens is 1. The van der Waals surface area contributed by atoms with Gasteiger partial charge in [-0.2, -0.15) is 8.42 Å². The van der Waals surface area contributed by atoms with Crippen molar-refractivity contribution >= 4 is 38.2 Å². The average Bonchev–Trinajstić information content (AvgIpc) is 2.72. The molecule has 0 radical (unpaired) electrons. The minimum atomic E-state index is -4.43. The lowest BCUT2D eigenvalue weighted by atomic mass is 10.2. The van der Waals surface area contributed by atoms with Crippen LogP contribution in [0.1, 0.15) is 10.4 Å². The Hall–Kier alpha value is -1.97. The highest BCUT2D eigenvalue weighted by Crippen LogP contribution is 2.28. The number of anilines is 2. The number of nitrogens with zero attached hydrogens (tertiary/aromatic N) is 1. The van der Waals surface area contributed by atoms with Crippen LogP contribution in [0, 0.1) is 0 Å². The van der Waals surface area contributed by atoms with Crippen molar-refractivity contribution in [2.45, 2.75) is 4.34 Å². The standard InChI is InChI=1S/C10H9N3O4S2/c11-7-8(13-10(18-7)19(15,16)17)12-9(14)6-4-2-1-3-5-6/h1-5H,11H2,(H,12,14)(H,15,16,17). The van der Waals surface area contributed by atoms with Gasteiger partial charge in [0, 0.05) is 5.56 Å². The lowest BCUT2D eigenvalue weighted by molar-refractivity contribution is 0.102. The fourth-order valence-corrected chi connectivity index (χ4v) is 2.70. The normalized spacial score (nSPS) is 11.2. The molecule has 0 bridgehead atoms. The first-order valence-electron chi connectivity index (χ1n) is 4.98. The van der Waals surface area contributed by atoms with E-state index in [1.807, 2.05) is 0 Å². The zero-order chi connectivity index (χ0) is 14.0. The predicted molar refractivity (Wildman–Crippen MR) is 70.7 cm³/mol. The Morgan fingerprint density at radius 1 is 1.32 bits per heavy atom. The molecule has 0 fully saturated rings. The molecule has 0 aliphatic carbocycles. The van der Waals surface area contributed by atoms with Gasteiger partial charge >= 0.3 is 10.1 Å². The van der Waals surface area contributed by atoms with Crippen LogP contribution in [-0.4, -0.2) is 23.9 Å². The third kappa shape index (κ3) is 3.08. The molecule has 0 saturated carbocycles. The molecule has 0 spiro atoms. The van der Waals surface area contributed by atoms with E-state index in [4.69, 9.17) is 10.3 Å². The second-order valence-electron chi connectivity index (χ2n) is 3.49. The highest BCUT2D eigenvalue weighted by atomic mass is 32.3. The Bertz CT molecular complexity index is 710. The van der Waals surface area contributed by atoms with E-state index in [0.717, 1.165) is 0 Å². The van der Waals surface area contributed by atoms with Gasteiger partial charge in [0.15, 0.2) is 5.82 Å². The van der Waals surface area contributed by atoms with Crippen LogP contribution in [0.2, 0.25) is 0 Å². The average molecular weight is 299 g/mol. The van der Waals surface area contributed by atoms with E-state index in [0.29, 0.717) is 16.9 Å². The number of nitrogens with two attached hydrogens (primary N) is 1. The Labute approximate surface area is 112 Å². The highest BCUT2D eigenvalue weighted by Gasteiger charge is 2.20. The van der Waals surface area contributed by atoms with Crippen LogP contribution in [0.25, 0.3) is 0 Å². The third-order valence-corrected chi connectivity index (χ3v) is 4.22. The molecule has 7 nitrogen and oxygen atoms in total. The van der Waals surface area contributed by atoms with Gasteiger partial charge in [0.05, 0.1) is 0 Å². The van der Waals surface area contributed by atoms with E-state index in [1.54, 1.807) is 30.3 Å². The molecule has 2 rings (SSSR count). The van der Waals surface area contributed by atoms with Crippen LogP contribution in [0.5, 0.6) is 0 Å². The molecule has 1 aromatic carbocycles. The van der Waals surface area contributed by atoms with Gasteiger partial charge < -0.3 is 11.1 Å². The molecule has 1 aromatic heterocycles. The Morgan fingerprint density at radius 3 is 2.47 bits per heavy atom. The van der Waals surface area contributed by atoms with Crippen molar-refractivity contribution in [2.75, 3.05) is 11.1 Å². The van der Waals surface area contributed by atoms with Gasteiger partial charge in [-0.25, -0.2) is 4.98 Å². The largest absolute Gasteiger partial charge is 0.387 e. The molecule has 1 heterocycles. The summed E-state index contributed by atoms with van der Waals surface area (Å²) in [6, 6.07) is 8.29. The summed E-state index contributed by atoms with van der Waals surface area (Å²) >= 11 is 0.572. The lowest BCUT2D eigenvalue weighted by Gasteiger charge is -2.02. The van der Waals surface area contributed by atoms with Crippen LogP contribution >= 0.6 is 11.3 Å². The number of amides is 1. The molecule has 1 amide bonds. The van der Waals surface area contributed by atoms with Crippen LogP contribution in [0.15, 0.2) is 34.7 Å². The smallest absolute Gasteiger partial charge is 0.322 e. The van der Waals surface area contributed by atoms with E-state index in [2.05, 4.69) is 10.3 Å². The topological polar surface area (TPSA) is 122 Å². The maximum Gasteiger partial charge on any atom is 0.322 e. The van der Waals surface area contributed by atoms with Crippen molar-refractivity contribution in [2.24, 2.45) is 0 Å². The number of benzene rings is 1. The molecule has 0 atom stereocenters. The maximum atomic E-state index is 11.8. The van der Waals surface area contributed by atoms with Crippen LogP contribution < -0.4 is 11.1 Å². The summed E-state index contributed by atoms with van der Waals surface area (Å²) in [6.07, 6.45) is 0. The SMILES string of the molecule is Nc1sc(S(=O)(=O)O)nc1NC(=O)c1ccccc1. The van der Waals surface area contributed by atoms with Crippen molar-refractivity contribution in [3.8, 4) is 0 Å². The van der Waals surface area contributed by atoms with Gasteiger partial charge in [-0.05, 0) is 12.1 Å². The van der Waals surface area contributed by atoms with Crippen molar-refractivity contribution in [3.63, 3.8) is 0 Å². The van der Waals surface area contributed by atoms with E-state index >= 15 is 0 Å². The van der Waals surface area contributed by atoms with Gasteiger partial charge in [0.1, 0.15) is 5.00 Å². The van der Waals surface area contributed by atoms with Gasteiger partial charge in [-0.1, -0.05) is 29.5 Å². The first-order chi connectivity index (χ1) is 8.88. The van der Waals surface area contributed by atoms with Crippen molar-refractivity contribution in [1.82, 2.24) is 4.98 Å². The zero-order valence-corrected chi connectivity index (χ0v) is 11.0. The molecule has 9 heteroatoms. The van der Waals surface area contributed by atoms with Gasteiger partial charge in [-0.3, -0.25) is 9.35 Å². The first-order valence-corrected chi connectivity index (χ1v) is 7.24. The minimum absolute atomic E-state index is 0.00286. The van der Waals surface area contributed by atoms with Crippen molar-refractivity contribution in [1.29, 1.82) is 0 Å². The third-order valence-electron chi connectivity index (χ3n) is 2.12. The van der Waals surface area contributed by atoms with Crippen molar-refractivity contribution in [3.05, 3.63) is 35.9 Å². The molecule has 2 aromatic rings. The Morgan fingerprint density at radius 2 is 1.95 bits per heavy atom. The van der Waals surface area contributed by atoms with Gasteiger partial charge in [0.25, 0.3) is 5.91 Å². The number of nitrogen functional groups attached to an aromatic ring is 1. The summed E-state index contributed by atoms with van der Waals surface area (Å²) in [7, 11) is -4.43. The first kappa shape index (κ1) is 13.5. The fraction of sp³-hybridized carbons (Fsp3) is 0. The quantitative estimate of drug-likeness (QED) is 0.732. The minimum Gasteiger partial charge on any atom is -0.387 e. The molecule has 19 heavy (non-hydrogen) atoms. The number of carbonyl (C=O) groups is 1. The molecule has 0 aliphatic rings. The number of carbonyl (C=O) groups excluding carboxylic acids is 1. The summed E-state index contributed by atoms with van der Waals surface area (Å²) in [5.41, 5.74) is 5.91. The summed E-state index contributed by atoms with van der Waals surface area (Å²) in [4.78, 5) is 15.4. The molecule has 0 unspecified atom stereocenters. The van der Waals surface area contributed by atoms with Gasteiger partial charge in [0.2, 0.25) is 4.34 Å². The van der Waals surface area contributed by atoms with E-state index in [9.17, 15) is 13.2 Å². The van der Waals surface area contributed by atoms with E-state index in [1.165, 1.54) is 0 Å². The zero-order valence-electron chi connectivity index (χ0n) is 9.40. The summed E-state index contributed by atoms with van der Waals surface area (Å²) in [5, 5.41) is 2.38. The second-order valence-corrected chi connectivity index (χ2v) is 6.11. The summed E-state index contributed by atoms with van der Waals surface area (Å²) < 4.78 is 30.0. The van der Waals surface area contributed by atoms with Crippen LogP contribution in [-0.2, 0) is 10.1 Å². The predicted octanol–water partition coefficient (Wildman–Crippen LogP) is 1.22. The molecule has 0 aliphatic heterocycles. The molecule has 4 N–H and O–H groups in total. The molecular formula is C10H9N3O4S2. The van der Waals surface area contributed by atoms with Gasteiger partial charge in [-0.15, -0.1) is 0 Å². The fourth-order valence-electron chi connectivity index (χ4n) is 1.28. The molecule has 0 saturated heterocycles. The van der Waals surface area contributed by atoms with Crippen LogP contribution in [0.3, 0.4) is 0 Å². The molecular weight excluding hydrogens is 290 g/mol. The summed E-state index contributed by atoms with van der Waals surface area (Å²) in [6.45, 7) is 0. The number of thiazole rings is 1. The van der Waals surface area contributed by atoms with E-state index < -0.39 is 20.4 Å². The number of nitrogens with one attached hydrogen (secondary N) is 1. The van der Waals surface area contributed by atoms with Crippen molar-refractivity contribution < 1.29 is 17.8 Å². The highest BCUT2D eigenvalue weighted by molar-refractivity contribution is 7.88. The molecule has 100 valence electrons. The van der Waals surface area contributed by atoms with E-state index in [-0.39, 0.29) is 10.8 Å². The number of hydrogen-bond donors (Lipinski definition) is 3. The Kier molecular flexibility index (Phi) is 3.51. The second kappa shape index (κ2) is 4.96. The summed E-state index contributed by atoms with van der Waals surface area (Å²) in [5.74, 6) is -0.564. The lowest BCUT2D eigenvalue weighted by Crippen LogP contribution is -2.13.